The number of carboxylic acid groups (broad SMARTS) is 1. The number of nitrogens with zero attached hydrogens (tertiary/aromatic N) is 2. The van der Waals surface area contributed by atoms with Gasteiger partial charge < -0.3 is 24.4 Å². The predicted octanol–water partition coefficient (Wildman–Crippen LogP) is 1.87. The number of hydrogen-bond donors (Lipinski definition) is 0. The molecule has 0 aliphatic carbocycles. The van der Waals surface area contributed by atoms with Crippen LogP contribution in [0.15, 0.2) is 54.6 Å². The van der Waals surface area contributed by atoms with E-state index in [2.05, 4.69) is 4.90 Å². The maximum Gasteiger partial charge on any atom is 0.141 e. The molecule has 1 fully saturated rings. The Hall–Kier alpha value is -2.53. The van der Waals surface area contributed by atoms with E-state index in [0.29, 0.717) is 5.69 Å². The van der Waals surface area contributed by atoms with Crippen LogP contribution in [0.25, 0.3) is 0 Å². The minimum atomic E-state index is -1.20. The van der Waals surface area contributed by atoms with Crippen molar-refractivity contribution in [2.45, 2.75) is 6.54 Å². The number of benzene rings is 2. The van der Waals surface area contributed by atoms with Crippen molar-refractivity contribution in [3.8, 4) is 0 Å². The Morgan fingerprint density at radius 3 is 2.30 bits per heavy atom. The zero-order valence-electron chi connectivity index (χ0n) is 12.9. The third-order valence-electron chi connectivity index (χ3n) is 3.94. The first-order valence-electron chi connectivity index (χ1n) is 7.69. The highest BCUT2D eigenvalue weighted by molar-refractivity contribution is 5.84. The van der Waals surface area contributed by atoms with Gasteiger partial charge in [0.1, 0.15) is 6.09 Å². The van der Waals surface area contributed by atoms with Crippen LogP contribution in [0.3, 0.4) is 0 Å². The molecule has 0 bridgehead atoms. The summed E-state index contributed by atoms with van der Waals surface area (Å²) in [6.45, 7) is 3.43. The van der Waals surface area contributed by atoms with Gasteiger partial charge in [0.05, 0.1) is 13.2 Å². The molecule has 0 aromatic heterocycles. The summed E-state index contributed by atoms with van der Waals surface area (Å²) in [5.41, 5.74) is 2.62. The molecule has 120 valence electrons. The Bertz CT molecular complexity index is 637. The minimum Gasteiger partial charge on any atom is -0.530 e. The summed E-state index contributed by atoms with van der Waals surface area (Å²) >= 11 is 0. The Kier molecular flexibility index (Phi) is 4.78. The Labute approximate surface area is 135 Å². The van der Waals surface area contributed by atoms with Crippen molar-refractivity contribution in [1.82, 2.24) is 0 Å². The number of carbonyl (C=O) groups excluding carboxylic acids is 1. The average Bonchev–Trinajstić information content (AvgIpc) is 2.61. The fourth-order valence-electron chi connectivity index (χ4n) is 2.69. The van der Waals surface area contributed by atoms with Gasteiger partial charge in [-0.15, -0.1) is 0 Å². The number of morpholine rings is 1. The van der Waals surface area contributed by atoms with Crippen molar-refractivity contribution in [3.63, 3.8) is 0 Å². The summed E-state index contributed by atoms with van der Waals surface area (Å²) in [6.07, 6.45) is -1.20. The first-order valence-corrected chi connectivity index (χ1v) is 7.69. The molecule has 1 saturated heterocycles. The summed E-state index contributed by atoms with van der Waals surface area (Å²) < 4.78 is 5.35. The van der Waals surface area contributed by atoms with E-state index in [9.17, 15) is 9.90 Å². The highest BCUT2D eigenvalue weighted by Gasteiger charge is 2.13. The van der Waals surface area contributed by atoms with Crippen LogP contribution in [0.4, 0.5) is 16.2 Å². The highest BCUT2D eigenvalue weighted by atomic mass is 16.5. The number of anilines is 2. The molecule has 0 atom stereocenters. The second-order valence-corrected chi connectivity index (χ2v) is 5.45. The molecule has 23 heavy (non-hydrogen) atoms. The molecule has 2 aromatic carbocycles. The standard InChI is InChI=1S/C18H20N2O3/c21-18(22)20(14-15-4-2-1-3-5-15)17-8-6-16(7-9-17)19-10-12-23-13-11-19/h1-9H,10-14H2,(H,21,22)/p-1. The lowest BCUT2D eigenvalue weighted by atomic mass is 10.2. The number of carbonyl (C=O) groups is 1. The summed E-state index contributed by atoms with van der Waals surface area (Å²) in [6, 6.07) is 17.0. The van der Waals surface area contributed by atoms with Gasteiger partial charge in [0.15, 0.2) is 0 Å². The lowest BCUT2D eigenvalue weighted by molar-refractivity contribution is -0.246. The van der Waals surface area contributed by atoms with E-state index in [-0.39, 0.29) is 6.54 Å². The maximum atomic E-state index is 11.5. The molecule has 1 aliphatic rings. The minimum absolute atomic E-state index is 0.278. The average molecular weight is 311 g/mol. The van der Waals surface area contributed by atoms with Crippen LogP contribution >= 0.6 is 0 Å². The number of hydrogen-bond acceptors (Lipinski definition) is 4. The van der Waals surface area contributed by atoms with E-state index in [1.165, 1.54) is 4.90 Å². The maximum absolute atomic E-state index is 11.5. The van der Waals surface area contributed by atoms with E-state index in [1.54, 1.807) is 0 Å². The van der Waals surface area contributed by atoms with Crippen molar-refractivity contribution in [3.05, 3.63) is 60.2 Å². The Balaban J connectivity index is 1.76. The van der Waals surface area contributed by atoms with Gasteiger partial charge in [0.25, 0.3) is 0 Å². The molecule has 0 spiro atoms. The van der Waals surface area contributed by atoms with Crippen LogP contribution in [0.5, 0.6) is 0 Å². The first kappa shape index (κ1) is 15.4. The van der Waals surface area contributed by atoms with Gasteiger partial charge in [-0.25, -0.2) is 0 Å². The van der Waals surface area contributed by atoms with Crippen LogP contribution in [0.2, 0.25) is 0 Å². The normalized spacial score (nSPS) is 14.5. The molecule has 0 unspecified atom stereocenters. The van der Waals surface area contributed by atoms with Crippen LogP contribution in [0.1, 0.15) is 5.56 Å². The van der Waals surface area contributed by atoms with E-state index in [4.69, 9.17) is 4.74 Å². The summed E-state index contributed by atoms with van der Waals surface area (Å²) in [5, 5.41) is 11.5. The van der Waals surface area contributed by atoms with Gasteiger partial charge in [-0.2, -0.15) is 0 Å². The molecule has 5 nitrogen and oxygen atoms in total. The van der Waals surface area contributed by atoms with E-state index in [0.717, 1.165) is 37.6 Å². The Morgan fingerprint density at radius 1 is 1.04 bits per heavy atom. The smallest absolute Gasteiger partial charge is 0.141 e. The summed E-state index contributed by atoms with van der Waals surface area (Å²) in [7, 11) is 0. The quantitative estimate of drug-likeness (QED) is 0.865. The molecular weight excluding hydrogens is 292 g/mol. The topological polar surface area (TPSA) is 55.8 Å². The van der Waals surface area contributed by atoms with Crippen molar-refractivity contribution < 1.29 is 14.6 Å². The third-order valence-corrected chi connectivity index (χ3v) is 3.94. The predicted molar refractivity (Wildman–Crippen MR) is 87.5 cm³/mol. The zero-order chi connectivity index (χ0) is 16.1. The molecule has 5 heteroatoms. The van der Waals surface area contributed by atoms with Gasteiger partial charge in [0.2, 0.25) is 0 Å². The highest BCUT2D eigenvalue weighted by Crippen LogP contribution is 2.23. The third kappa shape index (κ3) is 3.81. The van der Waals surface area contributed by atoms with Crippen molar-refractivity contribution in [1.29, 1.82) is 0 Å². The number of rotatable bonds is 4. The molecule has 0 saturated carbocycles. The van der Waals surface area contributed by atoms with Gasteiger partial charge in [0, 0.05) is 31.0 Å². The fourth-order valence-corrected chi connectivity index (χ4v) is 2.69. The van der Waals surface area contributed by atoms with E-state index in [1.807, 2.05) is 54.6 Å². The molecule has 1 amide bonds. The van der Waals surface area contributed by atoms with Crippen LogP contribution in [-0.2, 0) is 11.3 Å². The monoisotopic (exact) mass is 311 g/mol. The second-order valence-electron chi connectivity index (χ2n) is 5.45. The van der Waals surface area contributed by atoms with Gasteiger partial charge >= 0.3 is 0 Å². The molecule has 1 aliphatic heterocycles. The second kappa shape index (κ2) is 7.15. The van der Waals surface area contributed by atoms with Crippen LogP contribution < -0.4 is 14.9 Å². The van der Waals surface area contributed by atoms with Crippen LogP contribution in [-0.4, -0.2) is 32.4 Å². The summed E-state index contributed by atoms with van der Waals surface area (Å²) in [4.78, 5) is 15.0. The van der Waals surface area contributed by atoms with E-state index >= 15 is 0 Å². The molecule has 1 heterocycles. The lowest BCUT2D eigenvalue weighted by Crippen LogP contribution is -2.41. The first-order chi connectivity index (χ1) is 11.2. The van der Waals surface area contributed by atoms with Gasteiger partial charge in [-0.3, -0.25) is 0 Å². The van der Waals surface area contributed by atoms with Crippen molar-refractivity contribution >= 4 is 17.5 Å². The fraction of sp³-hybridized carbons (Fsp3) is 0.278. The molecular formula is C18H19N2O3-. The van der Waals surface area contributed by atoms with Crippen molar-refractivity contribution in [2.75, 3.05) is 36.1 Å². The number of amides is 1. The molecule has 0 N–H and O–H groups in total. The Morgan fingerprint density at radius 2 is 1.70 bits per heavy atom. The van der Waals surface area contributed by atoms with E-state index < -0.39 is 6.09 Å². The largest absolute Gasteiger partial charge is 0.530 e. The zero-order valence-corrected chi connectivity index (χ0v) is 12.9. The molecule has 2 aromatic rings. The molecule has 3 rings (SSSR count). The van der Waals surface area contributed by atoms with Crippen molar-refractivity contribution in [2.24, 2.45) is 0 Å². The molecule has 0 radical (unpaired) electrons. The van der Waals surface area contributed by atoms with Crippen LogP contribution in [0, 0.1) is 0 Å². The van der Waals surface area contributed by atoms with Gasteiger partial charge in [-0.1, -0.05) is 30.3 Å². The number of ether oxygens (including phenoxy) is 1. The lowest BCUT2D eigenvalue weighted by Gasteiger charge is -2.30. The SMILES string of the molecule is O=C([O-])N(Cc1ccccc1)c1ccc(N2CCOCC2)cc1. The van der Waals surface area contributed by atoms with Gasteiger partial charge in [-0.05, 0) is 29.8 Å². The summed E-state index contributed by atoms with van der Waals surface area (Å²) in [5.74, 6) is 0.